The Bertz CT molecular complexity index is 1020. The number of amides is 1. The molecule has 3 rings (SSSR count). The van der Waals surface area contributed by atoms with Crippen molar-refractivity contribution in [1.82, 2.24) is 4.98 Å². The molecule has 8 heteroatoms. The Labute approximate surface area is 159 Å². The average Bonchev–Trinajstić information content (AvgIpc) is 2.70. The van der Waals surface area contributed by atoms with Crippen molar-refractivity contribution < 1.29 is 23.1 Å². The molecule has 0 fully saturated rings. The average molecular weight is 383 g/mol. The molecule has 1 aromatic heterocycles. The van der Waals surface area contributed by atoms with E-state index in [2.05, 4.69) is 20.4 Å². The Morgan fingerprint density at radius 1 is 1.00 bits per heavy atom. The minimum Gasteiger partial charge on any atom is -0.465 e. The molecule has 6 nitrogen and oxygen atoms in total. The molecule has 1 heterocycles. The van der Waals surface area contributed by atoms with Gasteiger partial charge in [0.05, 0.1) is 35.9 Å². The summed E-state index contributed by atoms with van der Waals surface area (Å²) in [7, 11) is 1.25. The molecule has 0 bridgehead atoms. The van der Waals surface area contributed by atoms with E-state index < -0.39 is 23.5 Å². The van der Waals surface area contributed by atoms with E-state index in [4.69, 9.17) is 0 Å². The third-order valence-electron chi connectivity index (χ3n) is 3.79. The molecule has 0 aliphatic rings. The molecule has 0 aliphatic carbocycles. The van der Waals surface area contributed by atoms with Crippen molar-refractivity contribution in [3.8, 4) is 0 Å². The predicted molar refractivity (Wildman–Crippen MR) is 99.6 cm³/mol. The highest BCUT2D eigenvalue weighted by molar-refractivity contribution is 6.07. The van der Waals surface area contributed by atoms with Crippen LogP contribution < -0.4 is 10.6 Å². The molecule has 0 saturated heterocycles. The SMILES string of the molecule is COC(=O)c1ccccc1NC(=O)c1ccc(Nc2ccc(F)cc2F)cn1. The molecule has 3 aromatic rings. The van der Waals surface area contributed by atoms with Gasteiger partial charge in [0.15, 0.2) is 0 Å². The maximum absolute atomic E-state index is 13.7. The third kappa shape index (κ3) is 4.29. The van der Waals surface area contributed by atoms with Crippen LogP contribution in [0.2, 0.25) is 0 Å². The lowest BCUT2D eigenvalue weighted by atomic mass is 10.1. The van der Waals surface area contributed by atoms with E-state index in [0.29, 0.717) is 5.69 Å². The van der Waals surface area contributed by atoms with Gasteiger partial charge in [0, 0.05) is 6.07 Å². The number of aromatic nitrogens is 1. The summed E-state index contributed by atoms with van der Waals surface area (Å²) in [5, 5.41) is 5.35. The number of ether oxygens (including phenoxy) is 1. The lowest BCUT2D eigenvalue weighted by molar-refractivity contribution is 0.0602. The summed E-state index contributed by atoms with van der Waals surface area (Å²) in [6, 6.07) is 12.5. The fourth-order valence-corrected chi connectivity index (χ4v) is 2.41. The number of methoxy groups -OCH3 is 1. The minimum atomic E-state index is -0.749. The normalized spacial score (nSPS) is 10.2. The summed E-state index contributed by atoms with van der Waals surface area (Å²) >= 11 is 0. The molecule has 0 spiro atoms. The van der Waals surface area contributed by atoms with Gasteiger partial charge in [0.1, 0.15) is 17.3 Å². The van der Waals surface area contributed by atoms with Crippen molar-refractivity contribution in [3.63, 3.8) is 0 Å². The van der Waals surface area contributed by atoms with Crippen molar-refractivity contribution in [3.05, 3.63) is 83.7 Å². The van der Waals surface area contributed by atoms with Crippen LogP contribution in [-0.2, 0) is 4.74 Å². The van der Waals surface area contributed by atoms with Gasteiger partial charge in [-0.1, -0.05) is 12.1 Å². The Hall–Kier alpha value is -3.81. The van der Waals surface area contributed by atoms with E-state index in [1.807, 2.05) is 0 Å². The second-order valence-electron chi connectivity index (χ2n) is 5.67. The number of para-hydroxylation sites is 1. The Morgan fingerprint density at radius 3 is 2.46 bits per heavy atom. The van der Waals surface area contributed by atoms with E-state index in [1.54, 1.807) is 18.2 Å². The first-order valence-electron chi connectivity index (χ1n) is 8.15. The topological polar surface area (TPSA) is 80.3 Å². The molecule has 0 aliphatic heterocycles. The fraction of sp³-hybridized carbons (Fsp3) is 0.0500. The lowest BCUT2D eigenvalue weighted by Gasteiger charge is -2.10. The zero-order valence-corrected chi connectivity index (χ0v) is 14.7. The molecule has 0 atom stereocenters. The molecule has 2 N–H and O–H groups in total. The summed E-state index contributed by atoms with van der Waals surface area (Å²) in [4.78, 5) is 28.2. The number of hydrogen-bond donors (Lipinski definition) is 2. The first kappa shape index (κ1) is 19.0. The van der Waals surface area contributed by atoms with Crippen LogP contribution in [0.3, 0.4) is 0 Å². The molecule has 0 radical (unpaired) electrons. The number of nitrogens with zero attached hydrogens (tertiary/aromatic N) is 1. The third-order valence-corrected chi connectivity index (χ3v) is 3.79. The van der Waals surface area contributed by atoms with Gasteiger partial charge in [-0.15, -0.1) is 0 Å². The van der Waals surface area contributed by atoms with Crippen molar-refractivity contribution in [2.45, 2.75) is 0 Å². The van der Waals surface area contributed by atoms with Crippen molar-refractivity contribution in [2.24, 2.45) is 0 Å². The standard InChI is InChI=1S/C20H15F2N3O3/c1-28-20(27)14-4-2-3-5-16(14)25-19(26)18-9-7-13(11-23-18)24-17-8-6-12(21)10-15(17)22/h2-11,24H,1H3,(H,25,26). The number of carbonyl (C=O) groups is 2. The van der Waals surface area contributed by atoms with E-state index >= 15 is 0 Å². The van der Waals surface area contributed by atoms with Crippen LogP contribution in [0.4, 0.5) is 25.8 Å². The van der Waals surface area contributed by atoms with Gasteiger partial charge in [-0.05, 0) is 36.4 Å². The molecular formula is C20H15F2N3O3. The molecule has 0 unspecified atom stereocenters. The first-order chi connectivity index (χ1) is 13.5. The number of pyridine rings is 1. The quantitative estimate of drug-likeness (QED) is 0.647. The van der Waals surface area contributed by atoms with E-state index in [0.717, 1.165) is 12.1 Å². The minimum absolute atomic E-state index is 0.0763. The number of halogens is 2. The van der Waals surface area contributed by atoms with Crippen LogP contribution in [0, 0.1) is 11.6 Å². The van der Waals surface area contributed by atoms with E-state index in [1.165, 1.54) is 37.6 Å². The number of anilines is 3. The monoisotopic (exact) mass is 383 g/mol. The maximum Gasteiger partial charge on any atom is 0.339 e. The summed E-state index contributed by atoms with van der Waals surface area (Å²) in [6.07, 6.45) is 1.34. The van der Waals surface area contributed by atoms with Crippen molar-refractivity contribution in [2.75, 3.05) is 17.7 Å². The van der Waals surface area contributed by atoms with E-state index in [-0.39, 0.29) is 22.6 Å². The molecule has 142 valence electrons. The van der Waals surface area contributed by atoms with Crippen molar-refractivity contribution >= 4 is 28.9 Å². The molecular weight excluding hydrogens is 368 g/mol. The molecule has 28 heavy (non-hydrogen) atoms. The largest absolute Gasteiger partial charge is 0.465 e. The summed E-state index contributed by atoms with van der Waals surface area (Å²) < 4.78 is 31.3. The Balaban J connectivity index is 1.73. The van der Waals surface area contributed by atoms with Gasteiger partial charge in [0.2, 0.25) is 0 Å². The lowest BCUT2D eigenvalue weighted by Crippen LogP contribution is -2.16. The molecule has 0 saturated carbocycles. The van der Waals surface area contributed by atoms with Crippen LogP contribution in [0.1, 0.15) is 20.8 Å². The summed E-state index contributed by atoms with van der Waals surface area (Å²) in [5.41, 5.74) is 1.08. The number of rotatable bonds is 5. The maximum atomic E-state index is 13.7. The predicted octanol–water partition coefficient (Wildman–Crippen LogP) is 4.14. The van der Waals surface area contributed by atoms with E-state index in [9.17, 15) is 18.4 Å². The van der Waals surface area contributed by atoms with Gasteiger partial charge in [-0.25, -0.2) is 18.6 Å². The number of carbonyl (C=O) groups excluding carboxylic acids is 2. The van der Waals surface area contributed by atoms with Gasteiger partial charge in [-0.2, -0.15) is 0 Å². The van der Waals surface area contributed by atoms with Gasteiger partial charge in [-0.3, -0.25) is 4.79 Å². The van der Waals surface area contributed by atoms with Crippen LogP contribution in [0.25, 0.3) is 0 Å². The Morgan fingerprint density at radius 2 is 1.79 bits per heavy atom. The highest BCUT2D eigenvalue weighted by Crippen LogP contribution is 2.21. The zero-order valence-electron chi connectivity index (χ0n) is 14.7. The van der Waals surface area contributed by atoms with Crippen LogP contribution in [-0.4, -0.2) is 24.0 Å². The number of hydrogen-bond acceptors (Lipinski definition) is 5. The van der Waals surface area contributed by atoms with Crippen molar-refractivity contribution in [1.29, 1.82) is 0 Å². The smallest absolute Gasteiger partial charge is 0.339 e. The number of nitrogens with one attached hydrogen (secondary N) is 2. The zero-order chi connectivity index (χ0) is 20.1. The molecule has 1 amide bonds. The number of esters is 1. The van der Waals surface area contributed by atoms with Gasteiger partial charge in [0.25, 0.3) is 5.91 Å². The van der Waals surface area contributed by atoms with Crippen LogP contribution in [0.5, 0.6) is 0 Å². The van der Waals surface area contributed by atoms with Crippen LogP contribution in [0.15, 0.2) is 60.8 Å². The highest BCUT2D eigenvalue weighted by atomic mass is 19.1. The molecule has 2 aromatic carbocycles. The summed E-state index contributed by atoms with van der Waals surface area (Å²) in [5.74, 6) is -2.54. The van der Waals surface area contributed by atoms with Crippen LogP contribution >= 0.6 is 0 Å². The second kappa shape index (κ2) is 8.26. The van der Waals surface area contributed by atoms with Gasteiger partial charge >= 0.3 is 5.97 Å². The summed E-state index contributed by atoms with van der Waals surface area (Å²) in [6.45, 7) is 0. The number of benzene rings is 2. The second-order valence-corrected chi connectivity index (χ2v) is 5.67. The fourth-order valence-electron chi connectivity index (χ4n) is 2.41. The highest BCUT2D eigenvalue weighted by Gasteiger charge is 2.15. The first-order valence-corrected chi connectivity index (χ1v) is 8.15. The Kier molecular flexibility index (Phi) is 5.59. The van der Waals surface area contributed by atoms with Gasteiger partial charge < -0.3 is 15.4 Å².